The van der Waals surface area contributed by atoms with Gasteiger partial charge in [0, 0.05) is 6.54 Å². The van der Waals surface area contributed by atoms with Crippen LogP contribution >= 0.6 is 11.6 Å². The van der Waals surface area contributed by atoms with Crippen LogP contribution < -0.4 is 19.5 Å². The van der Waals surface area contributed by atoms with Crippen molar-refractivity contribution in [2.45, 2.75) is 24.7 Å². The molecule has 0 spiro atoms. The van der Waals surface area contributed by atoms with Crippen LogP contribution in [0.4, 0.5) is 5.69 Å². The predicted octanol–water partition coefficient (Wildman–Crippen LogP) is 3.44. The van der Waals surface area contributed by atoms with Gasteiger partial charge < -0.3 is 14.8 Å². The van der Waals surface area contributed by atoms with Gasteiger partial charge in [0.05, 0.1) is 22.7 Å². The summed E-state index contributed by atoms with van der Waals surface area (Å²) in [5.74, 6) is 0.630. The fourth-order valence-corrected chi connectivity index (χ4v) is 3.57. The Morgan fingerprint density at radius 2 is 1.86 bits per heavy atom. The number of rotatable bonds is 10. The number of carbonyl (C=O) groups excluding carboxylic acids is 1. The largest absolute Gasteiger partial charge is 0.495 e. The van der Waals surface area contributed by atoms with Crippen LogP contribution in [-0.4, -0.2) is 34.6 Å². The normalized spacial score (nSPS) is 11.0. The van der Waals surface area contributed by atoms with Gasteiger partial charge in [-0.15, -0.1) is 0 Å². The summed E-state index contributed by atoms with van der Waals surface area (Å²) in [4.78, 5) is 11.7. The highest BCUT2D eigenvalue weighted by Crippen LogP contribution is 2.28. The number of hydrogen-bond donors (Lipinski definition) is 2. The molecule has 0 saturated carbocycles. The third-order valence-corrected chi connectivity index (χ3v) is 5.45. The number of benzene rings is 2. The first-order valence-corrected chi connectivity index (χ1v) is 10.6. The van der Waals surface area contributed by atoms with Crippen LogP contribution in [0.25, 0.3) is 0 Å². The molecule has 0 radical (unpaired) electrons. The minimum Gasteiger partial charge on any atom is -0.495 e. The monoisotopic (exact) mass is 426 g/mol. The Kier molecular flexibility index (Phi) is 7.95. The standard InChI is InChI=1S/C19H23ClN2O5S/c1-3-4-11-21-19(23)13-27-15-6-8-16(9-7-15)28(24,25)22-14-5-10-18(26-2)17(20)12-14/h5-10,12,22H,3-4,11,13H2,1-2H3,(H,21,23). The molecule has 2 rings (SSSR count). The summed E-state index contributed by atoms with van der Waals surface area (Å²) in [5.41, 5.74) is 0.315. The molecular formula is C19H23ClN2O5S. The number of hydrogen-bond acceptors (Lipinski definition) is 5. The number of amides is 1. The highest BCUT2D eigenvalue weighted by atomic mass is 35.5. The van der Waals surface area contributed by atoms with Crippen LogP contribution in [0.15, 0.2) is 47.4 Å². The van der Waals surface area contributed by atoms with Crippen LogP contribution in [0.2, 0.25) is 5.02 Å². The topological polar surface area (TPSA) is 93.7 Å². The minimum atomic E-state index is -3.80. The number of halogens is 1. The summed E-state index contributed by atoms with van der Waals surface area (Å²) >= 11 is 6.02. The number of nitrogens with one attached hydrogen (secondary N) is 2. The van der Waals surface area contributed by atoms with Crippen LogP contribution in [0.1, 0.15) is 19.8 Å². The van der Waals surface area contributed by atoms with E-state index in [4.69, 9.17) is 21.1 Å². The van der Waals surface area contributed by atoms with Crippen molar-refractivity contribution in [2.75, 3.05) is 25.0 Å². The van der Waals surface area contributed by atoms with E-state index in [1.165, 1.54) is 37.4 Å². The molecule has 7 nitrogen and oxygen atoms in total. The molecular weight excluding hydrogens is 404 g/mol. The number of sulfonamides is 1. The fourth-order valence-electron chi connectivity index (χ4n) is 2.26. The molecule has 0 aromatic heterocycles. The summed E-state index contributed by atoms with van der Waals surface area (Å²) < 4.78 is 37.9. The Hall–Kier alpha value is -2.45. The molecule has 0 unspecified atom stereocenters. The van der Waals surface area contributed by atoms with E-state index < -0.39 is 10.0 Å². The van der Waals surface area contributed by atoms with E-state index in [1.54, 1.807) is 12.1 Å². The molecule has 0 aliphatic carbocycles. The van der Waals surface area contributed by atoms with Crippen molar-refractivity contribution < 1.29 is 22.7 Å². The van der Waals surface area contributed by atoms with Gasteiger partial charge in [-0.2, -0.15) is 0 Å². The van der Waals surface area contributed by atoms with Crippen LogP contribution in [-0.2, 0) is 14.8 Å². The second kappa shape index (κ2) is 10.2. The summed E-state index contributed by atoms with van der Waals surface area (Å²) in [6, 6.07) is 10.4. The van der Waals surface area contributed by atoms with Gasteiger partial charge in [-0.25, -0.2) is 8.42 Å². The molecule has 0 aliphatic heterocycles. The quantitative estimate of drug-likeness (QED) is 0.567. The van der Waals surface area contributed by atoms with Crippen LogP contribution in [0.3, 0.4) is 0 Å². The Balaban J connectivity index is 1.97. The van der Waals surface area contributed by atoms with Gasteiger partial charge in [0.1, 0.15) is 11.5 Å². The Labute approximate surface area is 170 Å². The lowest BCUT2D eigenvalue weighted by Crippen LogP contribution is -2.29. The second-order valence-electron chi connectivity index (χ2n) is 5.92. The van der Waals surface area contributed by atoms with Crippen LogP contribution in [0.5, 0.6) is 11.5 Å². The Morgan fingerprint density at radius 3 is 2.46 bits per heavy atom. The van der Waals surface area contributed by atoms with Gasteiger partial charge in [-0.3, -0.25) is 9.52 Å². The summed E-state index contributed by atoms with van der Waals surface area (Å²) in [5, 5.41) is 3.03. The van der Waals surface area contributed by atoms with Gasteiger partial charge in [0.25, 0.3) is 15.9 Å². The van der Waals surface area contributed by atoms with Crippen molar-refractivity contribution >= 4 is 33.2 Å². The molecule has 0 bridgehead atoms. The van der Waals surface area contributed by atoms with E-state index in [2.05, 4.69) is 10.0 Å². The van der Waals surface area contributed by atoms with Gasteiger partial charge >= 0.3 is 0 Å². The van der Waals surface area contributed by atoms with E-state index in [1.807, 2.05) is 6.92 Å². The highest BCUT2D eigenvalue weighted by molar-refractivity contribution is 7.92. The fraction of sp³-hybridized carbons (Fsp3) is 0.316. The number of methoxy groups -OCH3 is 1. The van der Waals surface area contributed by atoms with Gasteiger partial charge in [0.2, 0.25) is 0 Å². The van der Waals surface area contributed by atoms with Crippen molar-refractivity contribution in [3.05, 3.63) is 47.5 Å². The molecule has 2 aromatic rings. The van der Waals surface area contributed by atoms with E-state index in [0.29, 0.717) is 28.8 Å². The van der Waals surface area contributed by atoms with Crippen LogP contribution in [0, 0.1) is 0 Å². The first kappa shape index (κ1) is 21.8. The summed E-state index contributed by atoms with van der Waals surface area (Å²) in [6.07, 6.45) is 1.90. The first-order valence-electron chi connectivity index (χ1n) is 8.71. The molecule has 152 valence electrons. The van der Waals surface area contributed by atoms with Gasteiger partial charge in [-0.1, -0.05) is 24.9 Å². The Morgan fingerprint density at radius 1 is 1.14 bits per heavy atom. The number of unbranched alkanes of at least 4 members (excludes halogenated alkanes) is 1. The average Bonchev–Trinajstić information content (AvgIpc) is 2.67. The zero-order valence-electron chi connectivity index (χ0n) is 15.7. The lowest BCUT2D eigenvalue weighted by Gasteiger charge is -2.11. The third-order valence-electron chi connectivity index (χ3n) is 3.76. The first-order chi connectivity index (χ1) is 13.4. The molecule has 2 N–H and O–H groups in total. The smallest absolute Gasteiger partial charge is 0.261 e. The van der Waals surface area contributed by atoms with E-state index in [0.717, 1.165) is 12.8 Å². The number of anilines is 1. The minimum absolute atomic E-state index is 0.0548. The van der Waals surface area contributed by atoms with E-state index in [9.17, 15) is 13.2 Å². The lowest BCUT2D eigenvalue weighted by atomic mass is 10.3. The van der Waals surface area contributed by atoms with Crippen molar-refractivity contribution in [3.8, 4) is 11.5 Å². The molecule has 1 amide bonds. The van der Waals surface area contributed by atoms with E-state index in [-0.39, 0.29) is 17.4 Å². The summed E-state index contributed by atoms with van der Waals surface area (Å²) in [6.45, 7) is 2.52. The maximum Gasteiger partial charge on any atom is 0.261 e. The molecule has 0 fully saturated rings. The van der Waals surface area contributed by atoms with Crippen molar-refractivity contribution in [1.82, 2.24) is 5.32 Å². The van der Waals surface area contributed by atoms with Crippen molar-refractivity contribution in [2.24, 2.45) is 0 Å². The Bertz CT molecular complexity index is 901. The second-order valence-corrected chi connectivity index (χ2v) is 8.01. The predicted molar refractivity (Wildman–Crippen MR) is 109 cm³/mol. The van der Waals surface area contributed by atoms with Crippen molar-refractivity contribution in [1.29, 1.82) is 0 Å². The maximum absolute atomic E-state index is 12.5. The van der Waals surface area contributed by atoms with E-state index >= 15 is 0 Å². The van der Waals surface area contributed by atoms with Crippen molar-refractivity contribution in [3.63, 3.8) is 0 Å². The molecule has 0 heterocycles. The number of carbonyl (C=O) groups is 1. The SMILES string of the molecule is CCCCNC(=O)COc1ccc(S(=O)(=O)Nc2ccc(OC)c(Cl)c2)cc1. The third kappa shape index (κ3) is 6.31. The highest BCUT2D eigenvalue weighted by Gasteiger charge is 2.15. The molecule has 28 heavy (non-hydrogen) atoms. The lowest BCUT2D eigenvalue weighted by molar-refractivity contribution is -0.123. The molecule has 0 saturated heterocycles. The zero-order valence-corrected chi connectivity index (χ0v) is 17.3. The maximum atomic E-state index is 12.5. The average molecular weight is 427 g/mol. The van der Waals surface area contributed by atoms with Gasteiger partial charge in [-0.05, 0) is 48.9 Å². The molecule has 0 atom stereocenters. The molecule has 0 aliphatic rings. The zero-order chi connectivity index (χ0) is 20.6. The van der Waals surface area contributed by atoms with Gasteiger partial charge in [0.15, 0.2) is 6.61 Å². The molecule has 2 aromatic carbocycles. The number of ether oxygens (including phenoxy) is 2. The summed E-state index contributed by atoms with van der Waals surface area (Å²) in [7, 11) is -2.32. The molecule has 9 heteroatoms.